The lowest BCUT2D eigenvalue weighted by molar-refractivity contribution is 0.135. The molecule has 106 valence electrons. The van der Waals surface area contributed by atoms with E-state index in [9.17, 15) is 5.11 Å². The molecule has 1 aromatic carbocycles. The van der Waals surface area contributed by atoms with Gasteiger partial charge in [0.2, 0.25) is 17.5 Å². The fourth-order valence-electron chi connectivity index (χ4n) is 2.00. The first-order valence-electron chi connectivity index (χ1n) is 6.59. The summed E-state index contributed by atoms with van der Waals surface area (Å²) in [5.41, 5.74) is 0.806. The van der Waals surface area contributed by atoms with Crippen LogP contribution in [0.2, 0.25) is 0 Å². The Morgan fingerprint density at radius 3 is 2.43 bits per heavy atom. The average molecular weight is 282 g/mol. The molecule has 2 unspecified atom stereocenters. The standard InChI is InChI=1S/C15H14N4O2/c1-10(12(20)11-6-3-2-4-7-11)15-18-14(19-21-15)13-16-8-5-9-17-13/h2-10,12,20H,1H3. The molecular weight excluding hydrogens is 268 g/mol. The van der Waals surface area contributed by atoms with Crippen molar-refractivity contribution >= 4 is 0 Å². The Balaban J connectivity index is 1.83. The third kappa shape index (κ3) is 2.80. The van der Waals surface area contributed by atoms with Crippen molar-refractivity contribution in [2.45, 2.75) is 18.9 Å². The lowest BCUT2D eigenvalue weighted by Crippen LogP contribution is -2.08. The van der Waals surface area contributed by atoms with Crippen LogP contribution in [-0.4, -0.2) is 25.2 Å². The van der Waals surface area contributed by atoms with E-state index in [2.05, 4.69) is 20.1 Å². The number of hydrogen-bond acceptors (Lipinski definition) is 6. The fourth-order valence-corrected chi connectivity index (χ4v) is 2.00. The van der Waals surface area contributed by atoms with Gasteiger partial charge in [-0.25, -0.2) is 9.97 Å². The maximum atomic E-state index is 10.4. The molecule has 0 spiro atoms. The second-order valence-electron chi connectivity index (χ2n) is 4.67. The largest absolute Gasteiger partial charge is 0.388 e. The molecule has 0 fully saturated rings. The van der Waals surface area contributed by atoms with E-state index >= 15 is 0 Å². The summed E-state index contributed by atoms with van der Waals surface area (Å²) in [7, 11) is 0. The van der Waals surface area contributed by atoms with Gasteiger partial charge >= 0.3 is 0 Å². The van der Waals surface area contributed by atoms with Crippen molar-refractivity contribution < 1.29 is 9.63 Å². The first kappa shape index (κ1) is 13.4. The van der Waals surface area contributed by atoms with Gasteiger partial charge in [0.1, 0.15) is 0 Å². The van der Waals surface area contributed by atoms with E-state index in [4.69, 9.17) is 4.52 Å². The van der Waals surface area contributed by atoms with Gasteiger partial charge in [-0.05, 0) is 11.6 Å². The Labute approximate surface area is 121 Å². The van der Waals surface area contributed by atoms with E-state index in [1.54, 1.807) is 18.5 Å². The lowest BCUT2D eigenvalue weighted by Gasteiger charge is -2.15. The fraction of sp³-hybridized carbons (Fsp3) is 0.200. The van der Waals surface area contributed by atoms with Gasteiger partial charge in [-0.15, -0.1) is 0 Å². The molecular formula is C15H14N4O2. The monoisotopic (exact) mass is 282 g/mol. The Bertz CT molecular complexity index is 700. The zero-order valence-corrected chi connectivity index (χ0v) is 11.4. The van der Waals surface area contributed by atoms with Gasteiger partial charge in [0, 0.05) is 12.4 Å². The van der Waals surface area contributed by atoms with E-state index in [1.807, 2.05) is 37.3 Å². The maximum absolute atomic E-state index is 10.4. The molecule has 6 nitrogen and oxygen atoms in total. The van der Waals surface area contributed by atoms with Gasteiger partial charge in [-0.3, -0.25) is 0 Å². The number of nitrogens with zero attached hydrogens (tertiary/aromatic N) is 4. The summed E-state index contributed by atoms with van der Waals surface area (Å²) in [5, 5.41) is 14.2. The van der Waals surface area contributed by atoms with Crippen molar-refractivity contribution in [3.8, 4) is 11.6 Å². The topological polar surface area (TPSA) is 84.9 Å². The highest BCUT2D eigenvalue weighted by Crippen LogP contribution is 2.29. The second-order valence-corrected chi connectivity index (χ2v) is 4.67. The minimum atomic E-state index is -0.712. The van der Waals surface area contributed by atoms with Gasteiger partial charge in [0.05, 0.1) is 12.0 Å². The van der Waals surface area contributed by atoms with E-state index in [0.717, 1.165) is 5.56 Å². The number of aromatic nitrogens is 4. The van der Waals surface area contributed by atoms with Crippen molar-refractivity contribution in [2.75, 3.05) is 0 Å². The molecule has 3 aromatic rings. The van der Waals surface area contributed by atoms with E-state index in [1.165, 1.54) is 0 Å². The van der Waals surface area contributed by atoms with Crippen LogP contribution in [0.5, 0.6) is 0 Å². The third-order valence-electron chi connectivity index (χ3n) is 3.21. The molecule has 0 aliphatic rings. The molecule has 0 amide bonds. The lowest BCUT2D eigenvalue weighted by atomic mass is 9.97. The van der Waals surface area contributed by atoms with Crippen LogP contribution in [0, 0.1) is 0 Å². The number of aliphatic hydroxyl groups is 1. The van der Waals surface area contributed by atoms with Crippen molar-refractivity contribution in [1.29, 1.82) is 0 Å². The summed E-state index contributed by atoms with van der Waals surface area (Å²) in [5.74, 6) is 0.748. The molecule has 2 heterocycles. The molecule has 0 saturated carbocycles. The number of hydrogen-bond donors (Lipinski definition) is 1. The Hall–Kier alpha value is -2.60. The molecule has 0 aliphatic heterocycles. The summed E-state index contributed by atoms with van der Waals surface area (Å²) in [4.78, 5) is 12.4. The zero-order valence-electron chi connectivity index (χ0n) is 11.4. The van der Waals surface area contributed by atoms with Crippen LogP contribution in [0.15, 0.2) is 53.3 Å². The first-order chi connectivity index (χ1) is 10.3. The van der Waals surface area contributed by atoms with Gasteiger partial charge in [-0.2, -0.15) is 4.98 Å². The summed E-state index contributed by atoms with van der Waals surface area (Å²) < 4.78 is 5.22. The smallest absolute Gasteiger partial charge is 0.240 e. The molecule has 21 heavy (non-hydrogen) atoms. The molecule has 2 atom stereocenters. The molecule has 0 radical (unpaired) electrons. The highest BCUT2D eigenvalue weighted by atomic mass is 16.5. The third-order valence-corrected chi connectivity index (χ3v) is 3.21. The van der Waals surface area contributed by atoms with Crippen LogP contribution >= 0.6 is 0 Å². The molecule has 0 saturated heterocycles. The predicted molar refractivity (Wildman–Crippen MR) is 75.1 cm³/mol. The first-order valence-corrected chi connectivity index (χ1v) is 6.59. The van der Waals surface area contributed by atoms with Gasteiger partial charge in [0.25, 0.3) is 0 Å². The molecule has 0 bridgehead atoms. The van der Waals surface area contributed by atoms with Crippen LogP contribution in [0.25, 0.3) is 11.6 Å². The summed E-state index contributed by atoms with van der Waals surface area (Å²) in [6.45, 7) is 1.83. The number of rotatable bonds is 4. The predicted octanol–water partition coefficient (Wildman–Crippen LogP) is 2.36. The van der Waals surface area contributed by atoms with Crippen molar-refractivity contribution in [2.24, 2.45) is 0 Å². The Kier molecular flexibility index (Phi) is 3.70. The molecule has 1 N–H and O–H groups in total. The molecule has 3 rings (SSSR count). The van der Waals surface area contributed by atoms with Crippen LogP contribution in [0.3, 0.4) is 0 Å². The van der Waals surface area contributed by atoms with Crippen LogP contribution in [0.4, 0.5) is 0 Å². The van der Waals surface area contributed by atoms with Crippen LogP contribution in [0.1, 0.15) is 30.4 Å². The Morgan fingerprint density at radius 1 is 1.00 bits per heavy atom. The number of benzene rings is 1. The van der Waals surface area contributed by atoms with Gasteiger partial charge in [-0.1, -0.05) is 42.4 Å². The maximum Gasteiger partial charge on any atom is 0.240 e. The summed E-state index contributed by atoms with van der Waals surface area (Å²) in [6, 6.07) is 11.1. The minimum absolute atomic E-state index is 0.317. The highest BCUT2D eigenvalue weighted by molar-refractivity contribution is 5.40. The summed E-state index contributed by atoms with van der Waals surface area (Å²) in [6.07, 6.45) is 2.51. The normalized spacial score (nSPS) is 13.8. The zero-order chi connectivity index (χ0) is 14.7. The summed E-state index contributed by atoms with van der Waals surface area (Å²) >= 11 is 0. The molecule has 6 heteroatoms. The molecule has 2 aromatic heterocycles. The van der Waals surface area contributed by atoms with Crippen molar-refractivity contribution in [3.05, 3.63) is 60.2 Å². The van der Waals surface area contributed by atoms with E-state index in [0.29, 0.717) is 17.5 Å². The quantitative estimate of drug-likeness (QED) is 0.790. The van der Waals surface area contributed by atoms with E-state index < -0.39 is 6.10 Å². The highest BCUT2D eigenvalue weighted by Gasteiger charge is 2.24. The molecule has 0 aliphatic carbocycles. The van der Waals surface area contributed by atoms with Crippen molar-refractivity contribution in [3.63, 3.8) is 0 Å². The average Bonchev–Trinajstić information content (AvgIpc) is 3.05. The van der Waals surface area contributed by atoms with Gasteiger partial charge < -0.3 is 9.63 Å². The Morgan fingerprint density at radius 2 is 1.71 bits per heavy atom. The minimum Gasteiger partial charge on any atom is -0.388 e. The van der Waals surface area contributed by atoms with E-state index in [-0.39, 0.29) is 5.92 Å². The van der Waals surface area contributed by atoms with Gasteiger partial charge in [0.15, 0.2) is 0 Å². The number of aliphatic hydroxyl groups excluding tert-OH is 1. The van der Waals surface area contributed by atoms with Crippen molar-refractivity contribution in [1.82, 2.24) is 20.1 Å². The van der Waals surface area contributed by atoms with Crippen LogP contribution < -0.4 is 0 Å². The SMILES string of the molecule is CC(c1nc(-c2ncccn2)no1)C(O)c1ccccc1. The van der Waals surface area contributed by atoms with Crippen LogP contribution in [-0.2, 0) is 0 Å². The second kappa shape index (κ2) is 5.80.